The Hall–Kier alpha value is -3.43. The summed E-state index contributed by atoms with van der Waals surface area (Å²) in [4.78, 5) is 7.50. The highest BCUT2D eigenvalue weighted by Crippen LogP contribution is 2.37. The first kappa shape index (κ1) is 18.4. The van der Waals surface area contributed by atoms with Crippen LogP contribution in [0.15, 0.2) is 48.8 Å². The van der Waals surface area contributed by atoms with E-state index in [0.29, 0.717) is 12.1 Å². The van der Waals surface area contributed by atoms with Gasteiger partial charge in [-0.3, -0.25) is 0 Å². The van der Waals surface area contributed by atoms with Crippen molar-refractivity contribution in [1.29, 1.82) is 0 Å². The van der Waals surface area contributed by atoms with Crippen molar-refractivity contribution in [3.63, 3.8) is 0 Å². The highest BCUT2D eigenvalue weighted by Gasteiger charge is 2.34. The van der Waals surface area contributed by atoms with Crippen LogP contribution in [0.2, 0.25) is 0 Å². The van der Waals surface area contributed by atoms with Crippen LogP contribution in [0.1, 0.15) is 5.56 Å². The summed E-state index contributed by atoms with van der Waals surface area (Å²) in [5, 5.41) is 0. The molecule has 2 N–H and O–H groups in total. The van der Waals surface area contributed by atoms with Crippen molar-refractivity contribution in [1.82, 2.24) is 9.97 Å². The monoisotopic (exact) mass is 383 g/mol. The summed E-state index contributed by atoms with van der Waals surface area (Å²) in [6.45, 7) is 0. The average Bonchev–Trinajstić information content (AvgIpc) is 2.59. The zero-order valence-corrected chi connectivity index (χ0v) is 13.3. The van der Waals surface area contributed by atoms with Crippen molar-refractivity contribution in [2.75, 3.05) is 5.73 Å². The van der Waals surface area contributed by atoms with Gasteiger partial charge in [-0.15, -0.1) is 0 Å². The van der Waals surface area contributed by atoms with Gasteiger partial charge in [-0.2, -0.15) is 23.1 Å². The van der Waals surface area contributed by atoms with E-state index < -0.39 is 23.4 Å². The number of nitrogens with zero attached hydrogens (tertiary/aromatic N) is 2. The minimum Gasteiger partial charge on any atom is -0.437 e. The summed E-state index contributed by atoms with van der Waals surface area (Å²) in [6, 6.07) is 7.20. The molecule has 0 aliphatic carbocycles. The first-order valence-electron chi connectivity index (χ1n) is 7.32. The Morgan fingerprint density at radius 1 is 0.852 bits per heavy atom. The molecule has 0 unspecified atom stereocenters. The minimum absolute atomic E-state index is 0.0903. The number of nitrogens with two attached hydrogens (primary N) is 1. The molecule has 140 valence electrons. The summed E-state index contributed by atoms with van der Waals surface area (Å²) in [5.74, 6) is -2.75. The van der Waals surface area contributed by atoms with Crippen LogP contribution in [0, 0.1) is 11.6 Å². The molecular weight excluding hydrogens is 373 g/mol. The lowest BCUT2D eigenvalue weighted by atomic mass is 10.2. The number of ether oxygens (including phenoxy) is 2. The van der Waals surface area contributed by atoms with Crippen LogP contribution in [0.4, 0.5) is 27.6 Å². The van der Waals surface area contributed by atoms with Crippen molar-refractivity contribution in [3.8, 4) is 23.3 Å². The van der Waals surface area contributed by atoms with Gasteiger partial charge in [0.1, 0.15) is 29.5 Å². The number of nitrogen functional groups attached to an aromatic ring is 1. The van der Waals surface area contributed by atoms with Gasteiger partial charge in [0.15, 0.2) is 5.69 Å². The molecule has 3 rings (SSSR count). The zero-order chi connectivity index (χ0) is 19.6. The molecule has 10 heteroatoms. The van der Waals surface area contributed by atoms with Crippen LogP contribution < -0.4 is 15.2 Å². The van der Waals surface area contributed by atoms with E-state index in [1.165, 1.54) is 18.2 Å². The van der Waals surface area contributed by atoms with E-state index >= 15 is 0 Å². The number of alkyl halides is 3. The quantitative estimate of drug-likeness (QED) is 0.646. The summed E-state index contributed by atoms with van der Waals surface area (Å²) < 4.78 is 75.5. The smallest absolute Gasteiger partial charge is 0.419 e. The Balaban J connectivity index is 1.88. The highest BCUT2D eigenvalue weighted by atomic mass is 19.4. The molecule has 0 spiro atoms. The zero-order valence-electron chi connectivity index (χ0n) is 13.3. The molecule has 0 saturated carbocycles. The van der Waals surface area contributed by atoms with Gasteiger partial charge in [0, 0.05) is 6.07 Å². The molecule has 1 heterocycles. The maximum Gasteiger partial charge on any atom is 0.419 e. The summed E-state index contributed by atoms with van der Waals surface area (Å²) in [5.41, 5.74) is 4.07. The van der Waals surface area contributed by atoms with Crippen LogP contribution >= 0.6 is 0 Å². The molecular formula is C17H10F5N3O2. The van der Waals surface area contributed by atoms with Gasteiger partial charge < -0.3 is 15.2 Å². The number of anilines is 1. The second kappa shape index (κ2) is 7.06. The first-order valence-corrected chi connectivity index (χ1v) is 7.32. The average molecular weight is 383 g/mol. The third kappa shape index (κ3) is 4.22. The van der Waals surface area contributed by atoms with Crippen molar-refractivity contribution >= 4 is 5.69 Å². The molecule has 0 aliphatic heterocycles. The second-order valence-corrected chi connectivity index (χ2v) is 5.20. The molecule has 27 heavy (non-hydrogen) atoms. The topological polar surface area (TPSA) is 70.3 Å². The van der Waals surface area contributed by atoms with Gasteiger partial charge in [0.05, 0.1) is 5.56 Å². The molecule has 3 aromatic rings. The largest absolute Gasteiger partial charge is 0.437 e. The fourth-order valence-electron chi connectivity index (χ4n) is 2.07. The summed E-state index contributed by atoms with van der Waals surface area (Å²) in [6.07, 6.45) is -3.90. The van der Waals surface area contributed by atoms with Gasteiger partial charge in [-0.1, -0.05) is 6.07 Å². The molecule has 0 fully saturated rings. The van der Waals surface area contributed by atoms with Gasteiger partial charge in [0.25, 0.3) is 0 Å². The molecule has 1 aromatic heterocycles. The fourth-order valence-corrected chi connectivity index (χ4v) is 2.07. The van der Waals surface area contributed by atoms with Crippen molar-refractivity contribution < 1.29 is 31.4 Å². The normalized spacial score (nSPS) is 11.3. The number of hydrogen-bond acceptors (Lipinski definition) is 5. The molecule has 0 saturated heterocycles. The lowest BCUT2D eigenvalue weighted by molar-refractivity contribution is -0.140. The van der Waals surface area contributed by atoms with Gasteiger partial charge in [0.2, 0.25) is 11.8 Å². The molecule has 2 aromatic carbocycles. The van der Waals surface area contributed by atoms with Crippen LogP contribution in [-0.4, -0.2) is 9.97 Å². The van der Waals surface area contributed by atoms with E-state index in [4.69, 9.17) is 15.2 Å². The second-order valence-electron chi connectivity index (χ2n) is 5.20. The van der Waals surface area contributed by atoms with Gasteiger partial charge in [-0.05, 0) is 30.3 Å². The third-order valence-corrected chi connectivity index (χ3v) is 3.28. The molecule has 0 aliphatic rings. The van der Waals surface area contributed by atoms with E-state index in [-0.39, 0.29) is 28.9 Å². The predicted octanol–water partition coefficient (Wildman–Crippen LogP) is 4.94. The highest BCUT2D eigenvalue weighted by molar-refractivity contribution is 5.58. The lowest BCUT2D eigenvalue weighted by Crippen LogP contribution is -2.08. The first-order chi connectivity index (χ1) is 12.7. The maximum absolute atomic E-state index is 13.3. The predicted molar refractivity (Wildman–Crippen MR) is 84.4 cm³/mol. The van der Waals surface area contributed by atoms with E-state index in [1.54, 1.807) is 0 Å². The number of halogens is 5. The summed E-state index contributed by atoms with van der Waals surface area (Å²) in [7, 11) is 0. The Kier molecular flexibility index (Phi) is 4.80. The number of benzene rings is 2. The van der Waals surface area contributed by atoms with E-state index in [9.17, 15) is 22.0 Å². The van der Waals surface area contributed by atoms with Crippen LogP contribution in [0.5, 0.6) is 23.3 Å². The molecule has 0 radical (unpaired) electrons. The molecule has 5 nitrogen and oxygen atoms in total. The van der Waals surface area contributed by atoms with Crippen molar-refractivity contribution in [3.05, 3.63) is 66.0 Å². The minimum atomic E-state index is -4.90. The SMILES string of the molecule is Nc1c(Oc2cccc(F)c2)ncnc1Oc1ccc(F)c(C(F)(F)F)c1. The fraction of sp³-hybridized carbons (Fsp3) is 0.0588. The van der Waals surface area contributed by atoms with Crippen molar-refractivity contribution in [2.24, 2.45) is 0 Å². The van der Waals surface area contributed by atoms with E-state index in [2.05, 4.69) is 9.97 Å². The van der Waals surface area contributed by atoms with Crippen LogP contribution in [-0.2, 0) is 6.18 Å². The Morgan fingerprint density at radius 3 is 2.07 bits per heavy atom. The Morgan fingerprint density at radius 2 is 1.48 bits per heavy atom. The van der Waals surface area contributed by atoms with Gasteiger partial charge in [-0.25, -0.2) is 8.78 Å². The van der Waals surface area contributed by atoms with E-state index in [0.717, 1.165) is 18.5 Å². The van der Waals surface area contributed by atoms with E-state index in [1.807, 2.05) is 0 Å². The van der Waals surface area contributed by atoms with Crippen LogP contribution in [0.3, 0.4) is 0 Å². The lowest BCUT2D eigenvalue weighted by Gasteiger charge is -2.13. The van der Waals surface area contributed by atoms with Crippen molar-refractivity contribution in [2.45, 2.75) is 6.18 Å². The van der Waals surface area contributed by atoms with Crippen LogP contribution in [0.25, 0.3) is 0 Å². The number of rotatable bonds is 4. The summed E-state index contributed by atoms with van der Waals surface area (Å²) >= 11 is 0. The molecule has 0 bridgehead atoms. The third-order valence-electron chi connectivity index (χ3n) is 3.28. The molecule has 0 amide bonds. The Labute approximate surface area is 149 Å². The maximum atomic E-state index is 13.3. The Bertz CT molecular complexity index is 979. The number of hydrogen-bond donors (Lipinski definition) is 1. The standard InChI is InChI=1S/C17H10F5N3O2/c18-9-2-1-3-10(6-9)26-15-14(23)16(25-8-24-15)27-11-4-5-13(19)12(7-11)17(20,21)22/h1-8H,23H2. The number of aromatic nitrogens is 2. The van der Waals surface area contributed by atoms with Gasteiger partial charge >= 0.3 is 6.18 Å². The molecule has 0 atom stereocenters.